The van der Waals surface area contributed by atoms with Gasteiger partial charge in [-0.05, 0) is 49.0 Å². The first-order valence-electron chi connectivity index (χ1n) is 6.92. The number of halogens is 1. The van der Waals surface area contributed by atoms with Gasteiger partial charge in [0.25, 0.3) is 5.69 Å². The van der Waals surface area contributed by atoms with E-state index in [1.807, 2.05) is 13.0 Å². The van der Waals surface area contributed by atoms with Crippen LogP contribution in [-0.4, -0.2) is 22.0 Å². The Hall–Kier alpha value is -2.54. The third kappa shape index (κ3) is 4.23. The van der Waals surface area contributed by atoms with Gasteiger partial charge in [-0.15, -0.1) is 0 Å². The first kappa shape index (κ1) is 16.8. The summed E-state index contributed by atoms with van der Waals surface area (Å²) in [5.74, 6) is -0.320. The van der Waals surface area contributed by atoms with Gasteiger partial charge in [0.05, 0.1) is 11.0 Å². The van der Waals surface area contributed by atoms with Crippen LogP contribution in [0.1, 0.15) is 18.5 Å². The summed E-state index contributed by atoms with van der Waals surface area (Å²) in [5.41, 5.74) is 1.50. The first-order chi connectivity index (χ1) is 10.9. The van der Waals surface area contributed by atoms with Gasteiger partial charge in [-0.2, -0.15) is 0 Å². The number of thiocarbonyl (C=S) groups is 1. The molecule has 5 nitrogen and oxygen atoms in total. The molecule has 0 fully saturated rings. The van der Waals surface area contributed by atoms with Crippen molar-refractivity contribution in [3.63, 3.8) is 0 Å². The van der Waals surface area contributed by atoms with E-state index in [0.29, 0.717) is 10.8 Å². The summed E-state index contributed by atoms with van der Waals surface area (Å²) in [7, 11) is 1.79. The van der Waals surface area contributed by atoms with E-state index in [0.717, 1.165) is 5.56 Å². The van der Waals surface area contributed by atoms with Crippen LogP contribution in [0.4, 0.5) is 15.8 Å². The van der Waals surface area contributed by atoms with E-state index in [2.05, 4.69) is 5.32 Å². The Balaban J connectivity index is 2.10. The first-order valence-corrected chi connectivity index (χ1v) is 7.33. The standard InChI is InChI=1S/C16H16FN3O2S/c1-11(12-4-3-5-15(10-12)20(21)22)19(2)16(23)18-14-8-6-13(17)7-9-14/h3-11H,1-2H3,(H,18,23)/t11-/m1/s1. The van der Waals surface area contributed by atoms with Crippen LogP contribution in [0.2, 0.25) is 0 Å². The predicted molar refractivity (Wildman–Crippen MR) is 91.9 cm³/mol. The molecule has 2 aromatic carbocycles. The minimum atomic E-state index is -0.425. The van der Waals surface area contributed by atoms with Gasteiger partial charge in [-0.25, -0.2) is 4.39 Å². The zero-order valence-electron chi connectivity index (χ0n) is 12.7. The lowest BCUT2D eigenvalue weighted by Gasteiger charge is -2.28. The molecular formula is C16H16FN3O2S. The molecule has 23 heavy (non-hydrogen) atoms. The molecule has 7 heteroatoms. The molecule has 1 atom stereocenters. The number of nitrogens with one attached hydrogen (secondary N) is 1. The average molecular weight is 333 g/mol. The van der Waals surface area contributed by atoms with Gasteiger partial charge in [0.1, 0.15) is 5.82 Å². The second-order valence-electron chi connectivity index (χ2n) is 5.08. The van der Waals surface area contributed by atoms with Gasteiger partial charge in [0.2, 0.25) is 0 Å². The molecule has 0 heterocycles. The van der Waals surface area contributed by atoms with Gasteiger partial charge < -0.3 is 10.2 Å². The highest BCUT2D eigenvalue weighted by Gasteiger charge is 2.17. The second kappa shape index (κ2) is 7.15. The van der Waals surface area contributed by atoms with Gasteiger partial charge in [0.15, 0.2) is 5.11 Å². The Kier molecular flexibility index (Phi) is 5.23. The van der Waals surface area contributed by atoms with Crippen LogP contribution in [0.15, 0.2) is 48.5 Å². The van der Waals surface area contributed by atoms with Crippen molar-refractivity contribution in [3.05, 3.63) is 70.0 Å². The van der Waals surface area contributed by atoms with Crippen LogP contribution in [0, 0.1) is 15.9 Å². The molecule has 2 aromatic rings. The van der Waals surface area contributed by atoms with E-state index in [1.165, 1.54) is 24.3 Å². The molecule has 0 aliphatic heterocycles. The molecule has 0 bridgehead atoms. The Morgan fingerprint density at radius 2 is 1.96 bits per heavy atom. The summed E-state index contributed by atoms with van der Waals surface area (Å²) in [6, 6.07) is 12.1. The van der Waals surface area contributed by atoms with Crippen molar-refractivity contribution < 1.29 is 9.31 Å². The maximum Gasteiger partial charge on any atom is 0.269 e. The summed E-state index contributed by atoms with van der Waals surface area (Å²) in [4.78, 5) is 12.2. The fraction of sp³-hybridized carbons (Fsp3) is 0.188. The van der Waals surface area contributed by atoms with E-state index in [-0.39, 0.29) is 17.5 Å². The van der Waals surface area contributed by atoms with Crippen molar-refractivity contribution in [2.24, 2.45) is 0 Å². The number of nitro groups is 1. The van der Waals surface area contributed by atoms with Crippen LogP contribution in [0.5, 0.6) is 0 Å². The monoisotopic (exact) mass is 333 g/mol. The van der Waals surface area contributed by atoms with Crippen LogP contribution < -0.4 is 5.32 Å². The van der Waals surface area contributed by atoms with Gasteiger partial charge in [-0.3, -0.25) is 10.1 Å². The van der Waals surface area contributed by atoms with Crippen molar-refractivity contribution in [3.8, 4) is 0 Å². The third-order valence-corrected chi connectivity index (χ3v) is 3.95. The molecule has 0 saturated heterocycles. The highest BCUT2D eigenvalue weighted by Crippen LogP contribution is 2.23. The molecule has 0 amide bonds. The number of anilines is 1. The van der Waals surface area contributed by atoms with Crippen molar-refractivity contribution in [2.75, 3.05) is 12.4 Å². The zero-order valence-corrected chi connectivity index (χ0v) is 13.5. The maximum atomic E-state index is 12.9. The number of hydrogen-bond donors (Lipinski definition) is 1. The lowest BCUT2D eigenvalue weighted by atomic mass is 10.1. The normalized spacial score (nSPS) is 11.6. The molecule has 0 aliphatic rings. The SMILES string of the molecule is C[C@H](c1cccc([N+](=O)[O-])c1)N(C)C(=S)Nc1ccc(F)cc1. The number of benzene rings is 2. The zero-order chi connectivity index (χ0) is 17.0. The lowest BCUT2D eigenvalue weighted by Crippen LogP contribution is -2.33. The number of non-ortho nitro benzene ring substituents is 1. The van der Waals surface area contributed by atoms with Gasteiger partial charge >= 0.3 is 0 Å². The van der Waals surface area contributed by atoms with E-state index in [9.17, 15) is 14.5 Å². The van der Waals surface area contributed by atoms with Crippen molar-refractivity contribution in [1.82, 2.24) is 4.90 Å². The Morgan fingerprint density at radius 1 is 1.30 bits per heavy atom. The molecule has 0 aliphatic carbocycles. The van der Waals surface area contributed by atoms with Crippen LogP contribution >= 0.6 is 12.2 Å². The van der Waals surface area contributed by atoms with Crippen LogP contribution in [0.25, 0.3) is 0 Å². The Morgan fingerprint density at radius 3 is 2.57 bits per heavy atom. The van der Waals surface area contributed by atoms with Gasteiger partial charge in [0, 0.05) is 24.9 Å². The number of hydrogen-bond acceptors (Lipinski definition) is 3. The molecule has 0 radical (unpaired) electrons. The smallest absolute Gasteiger partial charge is 0.269 e. The largest absolute Gasteiger partial charge is 0.345 e. The molecule has 1 N–H and O–H groups in total. The highest BCUT2D eigenvalue weighted by atomic mass is 32.1. The molecular weight excluding hydrogens is 317 g/mol. The number of nitro benzene ring substituents is 1. The summed E-state index contributed by atoms with van der Waals surface area (Å²) < 4.78 is 12.9. The van der Waals surface area contributed by atoms with E-state index in [1.54, 1.807) is 30.1 Å². The van der Waals surface area contributed by atoms with Crippen molar-refractivity contribution >= 4 is 28.7 Å². The summed E-state index contributed by atoms with van der Waals surface area (Å²) >= 11 is 5.34. The Labute approximate surface area is 138 Å². The molecule has 2 rings (SSSR count). The predicted octanol–water partition coefficient (Wildman–Crippen LogP) is 4.12. The molecule has 0 aromatic heterocycles. The quantitative estimate of drug-likeness (QED) is 0.518. The topological polar surface area (TPSA) is 58.4 Å². The summed E-state index contributed by atoms with van der Waals surface area (Å²) in [6.07, 6.45) is 0. The van der Waals surface area contributed by atoms with E-state index < -0.39 is 4.92 Å². The fourth-order valence-electron chi connectivity index (χ4n) is 2.04. The maximum absolute atomic E-state index is 12.9. The minimum Gasteiger partial charge on any atom is -0.345 e. The summed E-state index contributed by atoms with van der Waals surface area (Å²) in [6.45, 7) is 1.90. The minimum absolute atomic E-state index is 0.0418. The van der Waals surface area contributed by atoms with Crippen LogP contribution in [0.3, 0.4) is 0 Å². The lowest BCUT2D eigenvalue weighted by molar-refractivity contribution is -0.384. The van der Waals surface area contributed by atoms with E-state index >= 15 is 0 Å². The third-order valence-electron chi connectivity index (χ3n) is 3.56. The average Bonchev–Trinajstić information content (AvgIpc) is 2.55. The molecule has 0 spiro atoms. The fourth-order valence-corrected chi connectivity index (χ4v) is 2.32. The Bertz CT molecular complexity index is 722. The summed E-state index contributed by atoms with van der Waals surface area (Å²) in [5, 5.41) is 14.3. The van der Waals surface area contributed by atoms with Crippen LogP contribution in [-0.2, 0) is 0 Å². The molecule has 0 saturated carbocycles. The molecule has 0 unspecified atom stereocenters. The second-order valence-corrected chi connectivity index (χ2v) is 5.46. The van der Waals surface area contributed by atoms with Crippen molar-refractivity contribution in [2.45, 2.75) is 13.0 Å². The van der Waals surface area contributed by atoms with Gasteiger partial charge in [-0.1, -0.05) is 12.1 Å². The van der Waals surface area contributed by atoms with Crippen molar-refractivity contribution in [1.29, 1.82) is 0 Å². The van der Waals surface area contributed by atoms with E-state index in [4.69, 9.17) is 12.2 Å². The number of nitrogens with zero attached hydrogens (tertiary/aromatic N) is 2. The number of rotatable bonds is 4. The molecule has 120 valence electrons. The highest BCUT2D eigenvalue weighted by molar-refractivity contribution is 7.80.